The molecular formula is C13H14ClNO2. The number of aliphatic hydroxyl groups excluding tert-OH is 1. The van der Waals surface area contributed by atoms with Crippen LogP contribution in [0.4, 0.5) is 5.69 Å². The summed E-state index contributed by atoms with van der Waals surface area (Å²) in [7, 11) is 1.94. The predicted molar refractivity (Wildman–Crippen MR) is 68.2 cm³/mol. The molecule has 0 aliphatic rings. The van der Waals surface area contributed by atoms with Crippen molar-refractivity contribution in [3.8, 4) is 0 Å². The summed E-state index contributed by atoms with van der Waals surface area (Å²) in [5, 5.41) is 9.95. The molecule has 0 unspecified atom stereocenters. The Kier molecular flexibility index (Phi) is 3.71. The number of hydrogen-bond acceptors (Lipinski definition) is 3. The minimum atomic E-state index is -0.00496. The predicted octanol–water partition coefficient (Wildman–Crippen LogP) is 3.06. The standard InChI is InChI=1S/C13H14ClNO2/c1-15(8-12-3-2-6-17-12)13-7-11(14)5-4-10(13)9-16/h2-7,16H,8-9H2,1H3. The van der Waals surface area contributed by atoms with Crippen molar-refractivity contribution in [1.29, 1.82) is 0 Å². The Hall–Kier alpha value is -1.45. The molecule has 1 aromatic heterocycles. The highest BCUT2D eigenvalue weighted by molar-refractivity contribution is 6.30. The van der Waals surface area contributed by atoms with Gasteiger partial charge in [-0.15, -0.1) is 0 Å². The summed E-state index contributed by atoms with van der Waals surface area (Å²) in [6.45, 7) is 0.634. The summed E-state index contributed by atoms with van der Waals surface area (Å²) < 4.78 is 5.29. The normalized spacial score (nSPS) is 10.5. The second-order valence-corrected chi connectivity index (χ2v) is 4.30. The zero-order chi connectivity index (χ0) is 12.3. The smallest absolute Gasteiger partial charge is 0.123 e. The first-order chi connectivity index (χ1) is 8.20. The van der Waals surface area contributed by atoms with Crippen LogP contribution in [0.3, 0.4) is 0 Å². The molecular weight excluding hydrogens is 238 g/mol. The molecule has 0 bridgehead atoms. The number of nitrogens with zero attached hydrogens (tertiary/aromatic N) is 1. The van der Waals surface area contributed by atoms with Gasteiger partial charge in [0.05, 0.1) is 19.4 Å². The van der Waals surface area contributed by atoms with Gasteiger partial charge in [-0.2, -0.15) is 0 Å². The highest BCUT2D eigenvalue weighted by Crippen LogP contribution is 2.25. The molecule has 2 aromatic rings. The lowest BCUT2D eigenvalue weighted by molar-refractivity contribution is 0.282. The van der Waals surface area contributed by atoms with Crippen LogP contribution in [-0.2, 0) is 13.2 Å². The Bertz CT molecular complexity index is 482. The largest absolute Gasteiger partial charge is 0.467 e. The lowest BCUT2D eigenvalue weighted by atomic mass is 10.1. The third-order valence-corrected chi connectivity index (χ3v) is 2.84. The van der Waals surface area contributed by atoms with Crippen LogP contribution in [-0.4, -0.2) is 12.2 Å². The highest BCUT2D eigenvalue weighted by atomic mass is 35.5. The van der Waals surface area contributed by atoms with Gasteiger partial charge in [0.25, 0.3) is 0 Å². The molecule has 1 N–H and O–H groups in total. The van der Waals surface area contributed by atoms with E-state index in [1.54, 1.807) is 12.3 Å². The first kappa shape index (κ1) is 12.0. The summed E-state index contributed by atoms with van der Waals surface area (Å²) in [6, 6.07) is 9.22. The van der Waals surface area contributed by atoms with E-state index < -0.39 is 0 Å². The number of benzene rings is 1. The van der Waals surface area contributed by atoms with Gasteiger partial charge in [-0.3, -0.25) is 0 Å². The summed E-state index contributed by atoms with van der Waals surface area (Å²) in [5.74, 6) is 0.872. The van der Waals surface area contributed by atoms with Crippen molar-refractivity contribution in [3.05, 3.63) is 52.9 Å². The Morgan fingerprint density at radius 2 is 2.18 bits per heavy atom. The van der Waals surface area contributed by atoms with Crippen LogP contribution in [0.5, 0.6) is 0 Å². The number of halogens is 1. The molecule has 0 amide bonds. The SMILES string of the molecule is CN(Cc1ccco1)c1cc(Cl)ccc1CO. The van der Waals surface area contributed by atoms with E-state index in [9.17, 15) is 5.11 Å². The van der Waals surface area contributed by atoms with Crippen LogP contribution in [0, 0.1) is 0 Å². The first-order valence-electron chi connectivity index (χ1n) is 5.33. The van der Waals surface area contributed by atoms with E-state index in [1.165, 1.54) is 0 Å². The lowest BCUT2D eigenvalue weighted by Gasteiger charge is -2.21. The molecule has 1 aromatic carbocycles. The fourth-order valence-corrected chi connectivity index (χ4v) is 1.91. The monoisotopic (exact) mass is 251 g/mol. The van der Waals surface area contributed by atoms with Gasteiger partial charge in [0.15, 0.2) is 0 Å². The molecule has 0 atom stereocenters. The maximum atomic E-state index is 9.29. The van der Waals surface area contributed by atoms with E-state index in [2.05, 4.69) is 0 Å². The number of aliphatic hydroxyl groups is 1. The van der Waals surface area contributed by atoms with Gasteiger partial charge < -0.3 is 14.4 Å². The average Bonchev–Trinajstić information content (AvgIpc) is 2.81. The molecule has 3 nitrogen and oxygen atoms in total. The van der Waals surface area contributed by atoms with Gasteiger partial charge >= 0.3 is 0 Å². The molecule has 0 saturated carbocycles. The summed E-state index contributed by atoms with van der Waals surface area (Å²) >= 11 is 5.97. The molecule has 17 heavy (non-hydrogen) atoms. The van der Waals surface area contributed by atoms with Gasteiger partial charge in [-0.05, 0) is 24.3 Å². The zero-order valence-electron chi connectivity index (χ0n) is 9.56. The molecule has 90 valence electrons. The van der Waals surface area contributed by atoms with Crippen LogP contribution < -0.4 is 4.90 Å². The Balaban J connectivity index is 2.23. The van der Waals surface area contributed by atoms with Gasteiger partial charge in [0, 0.05) is 23.3 Å². The Morgan fingerprint density at radius 3 is 2.82 bits per heavy atom. The third kappa shape index (κ3) is 2.81. The molecule has 0 saturated heterocycles. The number of hydrogen-bond donors (Lipinski definition) is 1. The lowest BCUT2D eigenvalue weighted by Crippen LogP contribution is -2.17. The molecule has 0 aliphatic heterocycles. The minimum Gasteiger partial charge on any atom is -0.467 e. The maximum absolute atomic E-state index is 9.29. The van der Waals surface area contributed by atoms with E-state index in [0.717, 1.165) is 17.0 Å². The van der Waals surface area contributed by atoms with Gasteiger partial charge in [-0.25, -0.2) is 0 Å². The molecule has 1 heterocycles. The van der Waals surface area contributed by atoms with Gasteiger partial charge in [-0.1, -0.05) is 17.7 Å². The van der Waals surface area contributed by atoms with Crippen molar-refractivity contribution in [2.45, 2.75) is 13.2 Å². The summed E-state index contributed by atoms with van der Waals surface area (Å²) in [4.78, 5) is 2.00. The Morgan fingerprint density at radius 1 is 1.35 bits per heavy atom. The van der Waals surface area contributed by atoms with Crippen LogP contribution in [0.25, 0.3) is 0 Å². The number of rotatable bonds is 4. The van der Waals surface area contributed by atoms with Crippen LogP contribution in [0.1, 0.15) is 11.3 Å². The maximum Gasteiger partial charge on any atom is 0.123 e. The van der Waals surface area contributed by atoms with Crippen molar-refractivity contribution in [3.63, 3.8) is 0 Å². The summed E-state index contributed by atoms with van der Waals surface area (Å²) in [5.41, 5.74) is 1.76. The van der Waals surface area contributed by atoms with Crippen LogP contribution >= 0.6 is 11.6 Å². The molecule has 0 aliphatic carbocycles. The fraction of sp³-hybridized carbons (Fsp3) is 0.231. The highest BCUT2D eigenvalue weighted by Gasteiger charge is 2.09. The number of furan rings is 1. The van der Waals surface area contributed by atoms with Crippen molar-refractivity contribution in [2.24, 2.45) is 0 Å². The van der Waals surface area contributed by atoms with Crippen molar-refractivity contribution < 1.29 is 9.52 Å². The van der Waals surface area contributed by atoms with E-state index >= 15 is 0 Å². The topological polar surface area (TPSA) is 36.6 Å². The second-order valence-electron chi connectivity index (χ2n) is 3.87. The quantitative estimate of drug-likeness (QED) is 0.907. The van der Waals surface area contributed by atoms with Crippen LogP contribution in [0.2, 0.25) is 5.02 Å². The van der Waals surface area contributed by atoms with E-state index in [4.69, 9.17) is 16.0 Å². The average molecular weight is 252 g/mol. The van der Waals surface area contributed by atoms with Gasteiger partial charge in [0.2, 0.25) is 0 Å². The van der Waals surface area contributed by atoms with Crippen molar-refractivity contribution >= 4 is 17.3 Å². The second kappa shape index (κ2) is 5.25. The van der Waals surface area contributed by atoms with E-state index in [0.29, 0.717) is 11.6 Å². The minimum absolute atomic E-state index is 0.00496. The molecule has 0 spiro atoms. The zero-order valence-corrected chi connectivity index (χ0v) is 10.3. The fourth-order valence-electron chi connectivity index (χ4n) is 1.75. The first-order valence-corrected chi connectivity index (χ1v) is 5.71. The third-order valence-electron chi connectivity index (χ3n) is 2.60. The summed E-state index contributed by atoms with van der Waals surface area (Å²) in [6.07, 6.45) is 1.65. The molecule has 0 radical (unpaired) electrons. The van der Waals surface area contributed by atoms with Gasteiger partial charge in [0.1, 0.15) is 5.76 Å². The number of anilines is 1. The molecule has 2 rings (SSSR count). The van der Waals surface area contributed by atoms with E-state index in [-0.39, 0.29) is 6.61 Å². The van der Waals surface area contributed by atoms with E-state index in [1.807, 2.05) is 36.2 Å². The molecule has 4 heteroatoms. The van der Waals surface area contributed by atoms with Crippen LogP contribution in [0.15, 0.2) is 41.0 Å². The Labute approximate surface area is 105 Å². The van der Waals surface area contributed by atoms with Crippen molar-refractivity contribution in [1.82, 2.24) is 0 Å². The van der Waals surface area contributed by atoms with Crippen molar-refractivity contribution in [2.75, 3.05) is 11.9 Å². The molecule has 0 fully saturated rings.